The summed E-state index contributed by atoms with van der Waals surface area (Å²) in [5.74, 6) is 0.970. The third-order valence-corrected chi connectivity index (χ3v) is 3.08. The highest BCUT2D eigenvalue weighted by molar-refractivity contribution is 6.30. The molecule has 0 radical (unpaired) electrons. The van der Waals surface area contributed by atoms with Crippen LogP contribution in [0.15, 0.2) is 18.2 Å². The van der Waals surface area contributed by atoms with E-state index in [0.29, 0.717) is 0 Å². The van der Waals surface area contributed by atoms with Crippen LogP contribution >= 0.6 is 11.6 Å². The van der Waals surface area contributed by atoms with Gasteiger partial charge in [0.05, 0.1) is 6.04 Å². The minimum Gasteiger partial charge on any atom is -0.488 e. The van der Waals surface area contributed by atoms with Gasteiger partial charge in [0.15, 0.2) is 0 Å². The van der Waals surface area contributed by atoms with E-state index in [1.54, 1.807) is 0 Å². The Morgan fingerprint density at radius 2 is 2.27 bits per heavy atom. The Morgan fingerprint density at radius 3 is 2.93 bits per heavy atom. The quantitative estimate of drug-likeness (QED) is 0.853. The lowest BCUT2D eigenvalue weighted by molar-refractivity contribution is 0.182. The molecule has 0 fully saturated rings. The number of ether oxygens (including phenoxy) is 1. The van der Waals surface area contributed by atoms with Crippen molar-refractivity contribution in [2.24, 2.45) is 0 Å². The van der Waals surface area contributed by atoms with Gasteiger partial charge in [-0.05, 0) is 31.7 Å². The standard InChI is InChI=1S/C12H16ClNO/c1-3-4-11-12(14-2)9-7-8(13)5-6-10(9)15-11/h5-7,11-12,14H,3-4H2,1-2H3. The molecule has 2 unspecified atom stereocenters. The number of halogens is 1. The number of hydrogen-bond acceptors (Lipinski definition) is 2. The number of hydrogen-bond donors (Lipinski definition) is 1. The van der Waals surface area contributed by atoms with E-state index in [9.17, 15) is 0 Å². The molecular weight excluding hydrogens is 210 g/mol. The van der Waals surface area contributed by atoms with Crippen molar-refractivity contribution in [2.45, 2.75) is 31.9 Å². The fraction of sp³-hybridized carbons (Fsp3) is 0.500. The number of likely N-dealkylation sites (N-methyl/N-ethyl adjacent to an activating group) is 1. The molecule has 1 N–H and O–H groups in total. The van der Waals surface area contributed by atoms with Crippen LogP contribution in [0, 0.1) is 0 Å². The molecule has 0 amide bonds. The number of nitrogens with one attached hydrogen (secondary N) is 1. The molecule has 3 heteroatoms. The van der Waals surface area contributed by atoms with E-state index in [4.69, 9.17) is 16.3 Å². The Morgan fingerprint density at radius 1 is 1.47 bits per heavy atom. The highest BCUT2D eigenvalue weighted by Gasteiger charge is 2.32. The average Bonchev–Trinajstić information content (AvgIpc) is 2.55. The normalized spacial score (nSPS) is 23.7. The highest BCUT2D eigenvalue weighted by atomic mass is 35.5. The zero-order chi connectivity index (χ0) is 10.8. The zero-order valence-electron chi connectivity index (χ0n) is 9.09. The number of fused-ring (bicyclic) bond motifs is 1. The van der Waals surface area contributed by atoms with Crippen molar-refractivity contribution in [3.05, 3.63) is 28.8 Å². The molecule has 0 aliphatic carbocycles. The molecule has 2 rings (SSSR count). The van der Waals surface area contributed by atoms with Crippen LogP contribution in [0.3, 0.4) is 0 Å². The summed E-state index contributed by atoms with van der Waals surface area (Å²) in [6.45, 7) is 2.17. The van der Waals surface area contributed by atoms with E-state index in [1.807, 2.05) is 25.2 Å². The van der Waals surface area contributed by atoms with Crippen LogP contribution in [-0.2, 0) is 0 Å². The summed E-state index contributed by atoms with van der Waals surface area (Å²) in [7, 11) is 1.96. The summed E-state index contributed by atoms with van der Waals surface area (Å²) in [5, 5.41) is 4.07. The van der Waals surface area contributed by atoms with E-state index < -0.39 is 0 Å². The zero-order valence-corrected chi connectivity index (χ0v) is 9.84. The lowest BCUT2D eigenvalue weighted by atomic mass is 10.0. The van der Waals surface area contributed by atoms with Crippen LogP contribution < -0.4 is 10.1 Å². The Kier molecular flexibility index (Phi) is 3.17. The van der Waals surface area contributed by atoms with E-state index >= 15 is 0 Å². The van der Waals surface area contributed by atoms with Gasteiger partial charge in [-0.3, -0.25) is 0 Å². The Bertz CT molecular complexity index is 353. The Labute approximate surface area is 95.6 Å². The Hall–Kier alpha value is -0.730. The highest BCUT2D eigenvalue weighted by Crippen LogP contribution is 2.39. The van der Waals surface area contributed by atoms with Crippen molar-refractivity contribution < 1.29 is 4.74 Å². The Balaban J connectivity index is 2.29. The molecule has 1 heterocycles. The van der Waals surface area contributed by atoms with E-state index in [-0.39, 0.29) is 12.1 Å². The summed E-state index contributed by atoms with van der Waals surface area (Å²) in [5.41, 5.74) is 1.18. The largest absolute Gasteiger partial charge is 0.488 e. The SMILES string of the molecule is CCCC1Oc2ccc(Cl)cc2C1NC. The van der Waals surface area contributed by atoms with Crippen LogP contribution in [0.1, 0.15) is 31.4 Å². The van der Waals surface area contributed by atoms with Crippen LogP contribution in [0.4, 0.5) is 0 Å². The van der Waals surface area contributed by atoms with E-state index in [2.05, 4.69) is 12.2 Å². The maximum Gasteiger partial charge on any atom is 0.124 e. The molecule has 1 aliphatic rings. The van der Waals surface area contributed by atoms with Crippen molar-refractivity contribution in [1.29, 1.82) is 0 Å². The van der Waals surface area contributed by atoms with Crippen molar-refractivity contribution in [2.75, 3.05) is 7.05 Å². The third-order valence-electron chi connectivity index (χ3n) is 2.84. The van der Waals surface area contributed by atoms with Gasteiger partial charge in [0.2, 0.25) is 0 Å². The molecular formula is C12H16ClNO. The summed E-state index contributed by atoms with van der Waals surface area (Å²) in [6.07, 6.45) is 2.44. The van der Waals surface area contributed by atoms with Crippen molar-refractivity contribution >= 4 is 11.6 Å². The van der Waals surface area contributed by atoms with Gasteiger partial charge in [0, 0.05) is 10.6 Å². The van der Waals surface area contributed by atoms with Gasteiger partial charge < -0.3 is 10.1 Å². The fourth-order valence-electron chi connectivity index (χ4n) is 2.15. The topological polar surface area (TPSA) is 21.3 Å². The molecule has 15 heavy (non-hydrogen) atoms. The molecule has 0 aromatic heterocycles. The monoisotopic (exact) mass is 225 g/mol. The average molecular weight is 226 g/mol. The third kappa shape index (κ3) is 1.97. The lowest BCUT2D eigenvalue weighted by Gasteiger charge is -2.17. The second-order valence-electron chi connectivity index (χ2n) is 3.89. The molecule has 0 saturated heterocycles. The van der Waals surface area contributed by atoms with Gasteiger partial charge in [0.25, 0.3) is 0 Å². The fourth-order valence-corrected chi connectivity index (χ4v) is 2.33. The molecule has 2 atom stereocenters. The summed E-state index contributed by atoms with van der Waals surface area (Å²) < 4.78 is 5.88. The lowest BCUT2D eigenvalue weighted by Crippen LogP contribution is -2.28. The first-order valence-electron chi connectivity index (χ1n) is 5.39. The first kappa shape index (κ1) is 10.8. The maximum absolute atomic E-state index is 5.99. The summed E-state index contributed by atoms with van der Waals surface area (Å²) in [4.78, 5) is 0. The van der Waals surface area contributed by atoms with Crippen molar-refractivity contribution in [3.63, 3.8) is 0 Å². The van der Waals surface area contributed by atoms with Gasteiger partial charge in [0.1, 0.15) is 11.9 Å². The molecule has 0 bridgehead atoms. The van der Waals surface area contributed by atoms with Gasteiger partial charge >= 0.3 is 0 Å². The van der Waals surface area contributed by atoms with Crippen LogP contribution in [-0.4, -0.2) is 13.2 Å². The molecule has 2 nitrogen and oxygen atoms in total. The van der Waals surface area contributed by atoms with Gasteiger partial charge in [-0.2, -0.15) is 0 Å². The molecule has 82 valence electrons. The molecule has 1 aromatic rings. The van der Waals surface area contributed by atoms with Gasteiger partial charge in [-0.15, -0.1) is 0 Å². The first-order valence-corrected chi connectivity index (χ1v) is 5.77. The second kappa shape index (κ2) is 4.42. The smallest absolute Gasteiger partial charge is 0.124 e. The second-order valence-corrected chi connectivity index (χ2v) is 4.33. The van der Waals surface area contributed by atoms with Crippen LogP contribution in [0.5, 0.6) is 5.75 Å². The molecule has 0 spiro atoms. The maximum atomic E-state index is 5.99. The molecule has 0 saturated carbocycles. The van der Waals surface area contributed by atoms with Gasteiger partial charge in [-0.25, -0.2) is 0 Å². The van der Waals surface area contributed by atoms with Gasteiger partial charge in [-0.1, -0.05) is 24.9 Å². The summed E-state index contributed by atoms with van der Waals surface area (Å²) >= 11 is 5.99. The van der Waals surface area contributed by atoms with E-state index in [0.717, 1.165) is 23.6 Å². The minimum atomic E-state index is 0.244. The number of benzene rings is 1. The predicted octanol–water partition coefficient (Wildman–Crippen LogP) is 3.16. The summed E-state index contributed by atoms with van der Waals surface area (Å²) in [6, 6.07) is 6.10. The molecule has 1 aromatic carbocycles. The van der Waals surface area contributed by atoms with E-state index in [1.165, 1.54) is 5.56 Å². The predicted molar refractivity (Wildman–Crippen MR) is 62.6 cm³/mol. The van der Waals surface area contributed by atoms with Crippen LogP contribution in [0.25, 0.3) is 0 Å². The van der Waals surface area contributed by atoms with Crippen molar-refractivity contribution in [3.8, 4) is 5.75 Å². The number of rotatable bonds is 3. The first-order chi connectivity index (χ1) is 7.26. The van der Waals surface area contributed by atoms with Crippen molar-refractivity contribution in [1.82, 2.24) is 5.32 Å². The molecule has 1 aliphatic heterocycles. The van der Waals surface area contributed by atoms with Crippen LogP contribution in [0.2, 0.25) is 5.02 Å². The minimum absolute atomic E-state index is 0.244.